The van der Waals surface area contributed by atoms with Gasteiger partial charge in [0.1, 0.15) is 71.3 Å². The number of carbonyl (C=O) groups excluding carboxylic acids is 9. The highest BCUT2D eigenvalue weighted by Crippen LogP contribution is 2.44. The Morgan fingerprint density at radius 2 is 1.22 bits per heavy atom. The molecule has 8 aliphatic rings. The molecule has 6 aliphatic heterocycles. The van der Waals surface area contributed by atoms with Crippen LogP contribution in [0.4, 0.5) is 17.2 Å². The molecule has 9 N–H and O–H groups in total. The SMILES string of the molecule is C=CC[C@@H]1/C=C(\C)C[C@H](C)C[C@H](OC)[C@H]2O[C@@](O)(C(=O)C(=O)N3CCCC[C@H]3C(=O)O[C@H](/C(C)=C/[C@@H]3CC[C@@H](O)[C@H](OC)C3)[C@H](C)[C@@H](O)CC1=O)[C@H](C)C[C@@H]2OC.CO[C@H]1C[C@@H]2CC[C@@H](C)[C@@](O)(O2)C(=O)C(=O)N2CCCC[C@H]2C(=O)O[C@H]([C@H](C)C[C@@H]2CC[C@@H](O)[C@H](OC)C2)CC(=O)[C@H](C)/C=C(\C)[C@@H](O)[C@@H](OC)C(=O)[C@H](C)C[C@H](C)/C=C/C=C/C=C/1C.O=C(O)c1cc(N=Nc2ccc(S(=O)(=O)Nc3ccccn3)cc2)ccc1O. The molecule has 2 aliphatic carbocycles. The maximum Gasteiger partial charge on any atom is 0.339 e. The van der Waals surface area contributed by atoms with Crippen LogP contribution in [0.5, 0.6) is 5.75 Å². The Labute approximate surface area is 882 Å². The van der Waals surface area contributed by atoms with Crippen LogP contribution in [0.15, 0.2) is 166 Å². The van der Waals surface area contributed by atoms with E-state index in [1.807, 2.05) is 91.0 Å². The number of aliphatic hydroxyl groups is 6. The summed E-state index contributed by atoms with van der Waals surface area (Å²) in [4.78, 5) is 145. The lowest BCUT2D eigenvalue weighted by molar-refractivity contribution is -0.302. The van der Waals surface area contributed by atoms with Gasteiger partial charge in [0, 0.05) is 117 Å². The maximum atomic E-state index is 14.4. The molecule has 37 heteroatoms. The number of amides is 2. The van der Waals surface area contributed by atoms with Gasteiger partial charge >= 0.3 is 17.9 Å². The van der Waals surface area contributed by atoms with Crippen molar-refractivity contribution < 1.29 is 145 Å². The molecule has 7 heterocycles. The van der Waals surface area contributed by atoms with Crippen molar-refractivity contribution in [3.63, 3.8) is 0 Å². The van der Waals surface area contributed by atoms with Gasteiger partial charge in [0.05, 0.1) is 71.2 Å². The lowest BCUT2D eigenvalue weighted by atomic mass is 9.78. The van der Waals surface area contributed by atoms with Crippen molar-refractivity contribution in [2.45, 2.75) is 345 Å². The molecule has 830 valence electrons. The fourth-order valence-electron chi connectivity index (χ4n) is 21.7. The van der Waals surface area contributed by atoms with Gasteiger partial charge in [-0.1, -0.05) is 122 Å². The third-order valence-corrected chi connectivity index (χ3v) is 32.3. The summed E-state index contributed by atoms with van der Waals surface area (Å²) in [7, 11) is 5.34. The van der Waals surface area contributed by atoms with E-state index < -0.39 is 184 Å². The van der Waals surface area contributed by atoms with Gasteiger partial charge in [-0.3, -0.25) is 38.3 Å². The molecule has 29 atom stereocenters. The van der Waals surface area contributed by atoms with Gasteiger partial charge < -0.3 is 98.0 Å². The molecule has 2 saturated carbocycles. The van der Waals surface area contributed by atoms with E-state index in [1.54, 1.807) is 80.2 Å². The standard InChI is InChI=1S/C51H79NO13.C44H69NO12.C18H14N4O5S/c1-30-16-12-11-13-17-31(2)42(61-8)28-38-21-19-36(7)51(60,65-38)48(57)49(58)52-23-15-14-18-39(52)50(59)64-43(33(4)26-37-20-22-40(53)44(27-37)62-9)29-41(54)32(3)25-35(6)46(56)47(63-10)45(55)34(5)24-30;1-10-13-31-19-25(2)18-26(3)20-37(54-8)40-38(55-9)22-28(5)44(52,57-40)41(49)42(50)45-17-12-11-14-32(45)43(51)56-39(29(6)34(47)24-35(31)48)27(4)21-30-15-16-33(46)36(23-30)53-7;23-16-9-6-13(11-15(16)18(24)25)21-20-12-4-7-14(8-5-12)28(26,27)22-17-3-1-2-10-19-17/h11-13,16-17,25,30,32-34,36-40,42-44,46-47,53,56,60H,14-15,18-24,26-29H2,1-10H3;10,19,21,26,28-34,36-40,46-47,52H,1,11-18,20,22-24H2,2-9H3;1-11,23H,(H,19,22)(H,24,25)/b13-11+,16-12+,31-17+,35-25+;25-19+,27-21+;/t30-,32-,33-,34-,36-,37+,38+,39+,40-,42+,43+,44-,46-,47+,51-;26-,28+,29+,30-,31+,32-,33+,34-,36+,37-,38-,39+,40+,44+;/m10./s1. The Balaban J connectivity index is 0.000000267. The van der Waals surface area contributed by atoms with E-state index in [4.69, 9.17) is 52.5 Å². The van der Waals surface area contributed by atoms with Crippen molar-refractivity contribution in [3.8, 4) is 5.75 Å². The first-order valence-corrected chi connectivity index (χ1v) is 54.2. The number of rotatable bonds is 19. The number of benzene rings is 2. The zero-order valence-electron chi connectivity index (χ0n) is 90.2. The van der Waals surface area contributed by atoms with Crippen LogP contribution in [0.2, 0.25) is 0 Å². The molecule has 2 amide bonds. The Morgan fingerprint density at radius 1 is 0.620 bits per heavy atom. The molecule has 11 rings (SSSR count). The molecule has 1 aromatic heterocycles. The summed E-state index contributed by atoms with van der Waals surface area (Å²) < 4.78 is 86.2. The van der Waals surface area contributed by atoms with Crippen molar-refractivity contribution in [3.05, 3.63) is 156 Å². The molecular weight excluding hydrogens is 1950 g/mol. The monoisotopic (exact) mass is 2120 g/mol. The number of piperidine rings is 2. The number of sulfonamides is 1. The molecule has 6 fully saturated rings. The minimum absolute atomic E-state index is 0.00988. The maximum absolute atomic E-state index is 14.4. The van der Waals surface area contributed by atoms with Crippen molar-refractivity contribution in [2.75, 3.05) is 60.5 Å². The number of allylic oxidation sites excluding steroid dienone is 10. The van der Waals surface area contributed by atoms with E-state index in [9.17, 15) is 92.1 Å². The molecule has 3 aromatic rings. The van der Waals surface area contributed by atoms with Gasteiger partial charge in [-0.15, -0.1) is 6.58 Å². The van der Waals surface area contributed by atoms with Gasteiger partial charge in [0.15, 0.2) is 5.78 Å². The molecule has 0 unspecified atom stereocenters. The van der Waals surface area contributed by atoms with E-state index in [2.05, 4.69) is 26.5 Å². The first-order valence-electron chi connectivity index (χ1n) is 52.7. The molecule has 4 saturated heterocycles. The third kappa shape index (κ3) is 33.3. The number of fused-ring (bicyclic) bond motifs is 6. The van der Waals surface area contributed by atoms with Gasteiger partial charge in [0.25, 0.3) is 33.4 Å². The largest absolute Gasteiger partial charge is 0.507 e. The smallest absolute Gasteiger partial charge is 0.339 e. The highest BCUT2D eigenvalue weighted by molar-refractivity contribution is 7.92. The number of Topliss-reactive ketones (excluding diaryl/α,β-unsaturated/α-hetero) is 5. The topological polar surface area (TPSA) is 515 Å². The number of esters is 2. The molecule has 4 bridgehead atoms. The second kappa shape index (κ2) is 57.8. The van der Waals surface area contributed by atoms with E-state index in [1.165, 1.54) is 85.9 Å². The quantitative estimate of drug-likeness (QED) is 0.0233. The predicted octanol–water partition coefficient (Wildman–Crippen LogP) is 14.5. The number of cyclic esters (lactones) is 2. The number of hydrogen-bond acceptors (Lipinski definition) is 32. The number of carboxylic acid groups (broad SMARTS) is 1. The number of carboxylic acids is 1. The number of nitrogens with one attached hydrogen (secondary N) is 1. The molecule has 2 aromatic carbocycles. The van der Waals surface area contributed by atoms with Gasteiger partial charge in [-0.05, 0) is 257 Å². The number of hydrogen-bond donors (Lipinski definition) is 9. The van der Waals surface area contributed by atoms with Gasteiger partial charge in [-0.2, -0.15) is 10.2 Å². The first kappa shape index (κ1) is 124. The second-order valence-electron chi connectivity index (χ2n) is 42.4. The number of aliphatic hydroxyl groups excluding tert-OH is 4. The molecule has 150 heavy (non-hydrogen) atoms. The fraction of sp³-hybridized carbons (Fsp3) is 0.637. The minimum Gasteiger partial charge on any atom is -0.507 e. The van der Waals surface area contributed by atoms with Gasteiger partial charge in [0.2, 0.25) is 11.6 Å². The highest BCUT2D eigenvalue weighted by Gasteiger charge is 2.58. The summed E-state index contributed by atoms with van der Waals surface area (Å²) in [5.41, 5.74) is 3.17. The lowest BCUT2D eigenvalue weighted by Gasteiger charge is -2.47. The van der Waals surface area contributed by atoms with E-state index in [0.29, 0.717) is 126 Å². The van der Waals surface area contributed by atoms with E-state index >= 15 is 0 Å². The molecular formula is C113H162N6O30S. The van der Waals surface area contributed by atoms with Crippen LogP contribution in [-0.2, 0) is 101 Å². The van der Waals surface area contributed by atoms with Gasteiger partial charge in [-0.25, -0.2) is 27.8 Å². The number of anilines is 1. The number of aromatic nitrogens is 1. The van der Waals surface area contributed by atoms with E-state index in [-0.39, 0.29) is 132 Å². The zero-order chi connectivity index (χ0) is 111. The van der Waals surface area contributed by atoms with Crippen LogP contribution in [0.25, 0.3) is 0 Å². The summed E-state index contributed by atoms with van der Waals surface area (Å²) in [6, 6.07) is 12.0. The Bertz CT molecular complexity index is 5400. The Kier molecular flexibility index (Phi) is 47.6. The minimum atomic E-state index is -3.79. The highest BCUT2D eigenvalue weighted by atomic mass is 32.2. The summed E-state index contributed by atoms with van der Waals surface area (Å²) in [5, 5.41) is 94.3. The van der Waals surface area contributed by atoms with Crippen LogP contribution >= 0.6 is 0 Å². The van der Waals surface area contributed by atoms with Crippen molar-refractivity contribution in [1.82, 2.24) is 14.8 Å². The molecule has 0 spiro atoms. The van der Waals surface area contributed by atoms with Crippen molar-refractivity contribution >= 4 is 85.9 Å². The van der Waals surface area contributed by atoms with Crippen LogP contribution in [0.3, 0.4) is 0 Å². The number of pyridine rings is 1. The molecule has 0 radical (unpaired) electrons. The summed E-state index contributed by atoms with van der Waals surface area (Å²) >= 11 is 0. The summed E-state index contributed by atoms with van der Waals surface area (Å²) in [5.74, 6) is -17.2. The van der Waals surface area contributed by atoms with Crippen LogP contribution in [0.1, 0.15) is 241 Å². The molecule has 36 nitrogen and oxygen atoms in total. The number of azo groups is 1. The second-order valence-corrected chi connectivity index (χ2v) is 44.1. The number of phenols is 1. The average molecular weight is 2120 g/mol. The number of aromatic hydroxyl groups is 1. The Morgan fingerprint density at radius 3 is 1.82 bits per heavy atom. The first-order chi connectivity index (χ1) is 71.1. The van der Waals surface area contributed by atoms with Crippen LogP contribution in [0, 0.1) is 65.1 Å². The fourth-order valence-corrected chi connectivity index (χ4v) is 22.7. The number of ether oxygens (including phenoxy) is 10. The van der Waals surface area contributed by atoms with Crippen LogP contribution < -0.4 is 4.72 Å². The third-order valence-electron chi connectivity index (χ3n) is 30.9. The van der Waals surface area contributed by atoms with Crippen molar-refractivity contribution in [1.29, 1.82) is 0 Å². The number of ketones is 5. The summed E-state index contributed by atoms with van der Waals surface area (Å²) in [6.45, 7) is 25.9. The zero-order valence-corrected chi connectivity index (χ0v) is 91.0. The van der Waals surface area contributed by atoms with E-state index in [0.717, 1.165) is 17.6 Å². The number of nitrogens with zero attached hydrogens (tertiary/aromatic N) is 5. The number of methoxy groups -OCH3 is 6. The lowest BCUT2D eigenvalue weighted by Crippen LogP contribution is -2.64. The average Bonchev–Trinajstić information content (AvgIpc) is 0.767. The Hall–Kier alpha value is -9.94. The summed E-state index contributed by atoms with van der Waals surface area (Å²) in [6.07, 6.45) is 17.6. The number of carbonyl (C=O) groups is 10. The van der Waals surface area contributed by atoms with Crippen molar-refractivity contribution in [2.24, 2.45) is 75.3 Å². The number of aromatic carboxylic acids is 1. The van der Waals surface area contributed by atoms with Crippen LogP contribution in [-0.4, -0.2) is 288 Å². The normalized spacial score (nSPS) is 35.2. The predicted molar refractivity (Wildman–Crippen MR) is 558 cm³/mol.